The van der Waals surface area contributed by atoms with Gasteiger partial charge in [0.25, 0.3) is 0 Å². The van der Waals surface area contributed by atoms with E-state index in [1.807, 2.05) is 0 Å². The van der Waals surface area contributed by atoms with Crippen LogP contribution in [0.5, 0.6) is 0 Å². The Labute approximate surface area is 494 Å². The minimum Gasteiger partial charge on any atom is -0.466 e. The molecule has 0 aliphatic carbocycles. The molecule has 0 spiro atoms. The second kappa shape index (κ2) is 68.6. The Morgan fingerprint density at radius 2 is 0.646 bits per heavy atom. The van der Waals surface area contributed by atoms with Gasteiger partial charge in [0.15, 0.2) is 0 Å². The van der Waals surface area contributed by atoms with E-state index in [4.69, 9.17) is 4.74 Å². The first-order valence-corrected chi connectivity index (χ1v) is 35.7. The van der Waals surface area contributed by atoms with E-state index in [9.17, 15) is 19.8 Å². The summed E-state index contributed by atoms with van der Waals surface area (Å²) in [4.78, 5) is 24.6. The third-order valence-electron chi connectivity index (χ3n) is 16.7. The lowest BCUT2D eigenvalue weighted by atomic mass is 10.0. The molecule has 0 bridgehead atoms. The molecular weight excluding hydrogens is 971 g/mol. The van der Waals surface area contributed by atoms with Crippen LogP contribution in [0.2, 0.25) is 0 Å². The van der Waals surface area contributed by atoms with E-state index in [1.165, 1.54) is 308 Å². The van der Waals surface area contributed by atoms with Gasteiger partial charge in [-0.05, 0) is 77.0 Å². The van der Waals surface area contributed by atoms with Gasteiger partial charge in [-0.2, -0.15) is 0 Å². The van der Waals surface area contributed by atoms with E-state index >= 15 is 0 Å². The molecule has 0 aliphatic rings. The van der Waals surface area contributed by atoms with Crippen molar-refractivity contribution in [2.45, 2.75) is 405 Å². The fraction of sp³-hybridized carbons (Fsp3) is 0.890. The molecule has 6 heteroatoms. The zero-order chi connectivity index (χ0) is 57.1. The SMILES string of the molecule is CCCC/C=C\C/C=C\CCCCCCCC(=O)OCCCCCCCCCCCCCC/C=C\CCCCCCCCCCCCCCCCCCC(=O)NC(CO)C(O)CCCCCCCCCCCCCCCCCC. The number of carbonyl (C=O) groups is 2. The summed E-state index contributed by atoms with van der Waals surface area (Å²) in [5, 5.41) is 23.4. The molecule has 0 aliphatic heterocycles. The Morgan fingerprint density at radius 1 is 0.354 bits per heavy atom. The van der Waals surface area contributed by atoms with Crippen LogP contribution in [0, 0.1) is 0 Å². The molecule has 0 aromatic rings. The summed E-state index contributed by atoms with van der Waals surface area (Å²) in [7, 11) is 0. The molecule has 0 heterocycles. The van der Waals surface area contributed by atoms with Crippen molar-refractivity contribution >= 4 is 11.9 Å². The highest BCUT2D eigenvalue weighted by Gasteiger charge is 2.20. The topological polar surface area (TPSA) is 95.9 Å². The van der Waals surface area contributed by atoms with E-state index < -0.39 is 12.1 Å². The van der Waals surface area contributed by atoms with Crippen LogP contribution in [0.15, 0.2) is 36.5 Å². The number of amides is 1. The van der Waals surface area contributed by atoms with Gasteiger partial charge in [-0.25, -0.2) is 0 Å². The Morgan fingerprint density at radius 3 is 1.01 bits per heavy atom. The van der Waals surface area contributed by atoms with E-state index in [2.05, 4.69) is 55.6 Å². The lowest BCUT2D eigenvalue weighted by Gasteiger charge is -2.22. The van der Waals surface area contributed by atoms with Crippen LogP contribution in [0.3, 0.4) is 0 Å². The molecular formula is C73H139NO5. The Bertz CT molecular complexity index is 1280. The summed E-state index contributed by atoms with van der Waals surface area (Å²) in [5.41, 5.74) is 0. The van der Waals surface area contributed by atoms with Crippen LogP contribution in [0.25, 0.3) is 0 Å². The maximum atomic E-state index is 12.5. The summed E-state index contributed by atoms with van der Waals surface area (Å²) in [5.74, 6) is -0.0255. The fourth-order valence-corrected chi connectivity index (χ4v) is 11.2. The molecule has 79 heavy (non-hydrogen) atoms. The van der Waals surface area contributed by atoms with Crippen molar-refractivity contribution < 1.29 is 24.5 Å². The molecule has 6 nitrogen and oxygen atoms in total. The first-order chi connectivity index (χ1) is 39.0. The maximum absolute atomic E-state index is 12.5. The van der Waals surface area contributed by atoms with Crippen LogP contribution in [0.1, 0.15) is 393 Å². The van der Waals surface area contributed by atoms with Gasteiger partial charge in [-0.15, -0.1) is 0 Å². The average Bonchev–Trinajstić information content (AvgIpc) is 3.45. The highest BCUT2D eigenvalue weighted by molar-refractivity contribution is 5.76. The Hall–Kier alpha value is -1.92. The molecule has 0 aromatic heterocycles. The lowest BCUT2D eigenvalue weighted by Crippen LogP contribution is -2.45. The van der Waals surface area contributed by atoms with Gasteiger partial charge in [0.2, 0.25) is 5.91 Å². The third kappa shape index (κ3) is 65.1. The standard InChI is InChI=1S/C73H139NO5/c1-3-5-7-9-11-13-15-17-19-38-41-45-49-53-57-61-65-71(76)70(69-75)74-72(77)66-62-58-54-50-46-42-39-36-34-32-30-28-26-24-22-20-21-23-25-27-29-31-33-35-37-40-44-48-52-56-60-64-68-79-73(78)67-63-59-55-51-47-43-18-16-14-12-10-8-6-4-2/h10,12,16,18,23,25,70-71,75-76H,3-9,11,13-15,17,19-22,24,26-69H2,1-2H3,(H,74,77)/b12-10-,18-16-,25-23-. The average molecular weight is 1110 g/mol. The fourth-order valence-electron chi connectivity index (χ4n) is 11.2. The smallest absolute Gasteiger partial charge is 0.305 e. The van der Waals surface area contributed by atoms with E-state index in [0.29, 0.717) is 25.9 Å². The van der Waals surface area contributed by atoms with Gasteiger partial charge in [-0.3, -0.25) is 9.59 Å². The van der Waals surface area contributed by atoms with Crippen molar-refractivity contribution in [2.24, 2.45) is 0 Å². The number of esters is 1. The van der Waals surface area contributed by atoms with Gasteiger partial charge in [-0.1, -0.05) is 339 Å². The monoisotopic (exact) mass is 1110 g/mol. The van der Waals surface area contributed by atoms with Crippen molar-refractivity contribution in [3.05, 3.63) is 36.5 Å². The first kappa shape index (κ1) is 77.1. The minimum atomic E-state index is -0.662. The van der Waals surface area contributed by atoms with E-state index in [-0.39, 0.29) is 18.5 Å². The second-order valence-electron chi connectivity index (χ2n) is 24.6. The number of aliphatic hydroxyl groups excluding tert-OH is 2. The molecule has 1 amide bonds. The van der Waals surface area contributed by atoms with Gasteiger partial charge in [0.05, 0.1) is 25.4 Å². The van der Waals surface area contributed by atoms with Crippen LogP contribution in [-0.2, 0) is 14.3 Å². The number of hydrogen-bond donors (Lipinski definition) is 3. The number of nitrogens with one attached hydrogen (secondary N) is 1. The third-order valence-corrected chi connectivity index (χ3v) is 16.7. The number of aliphatic hydroxyl groups is 2. The number of rotatable bonds is 67. The van der Waals surface area contributed by atoms with Crippen molar-refractivity contribution in [1.82, 2.24) is 5.32 Å². The van der Waals surface area contributed by atoms with Crippen molar-refractivity contribution in [3.8, 4) is 0 Å². The molecule has 466 valence electrons. The Kier molecular flexibility index (Phi) is 66.9. The highest BCUT2D eigenvalue weighted by atomic mass is 16.5. The summed E-state index contributed by atoms with van der Waals surface area (Å²) in [6.07, 6.45) is 87.7. The maximum Gasteiger partial charge on any atom is 0.305 e. The number of unbranched alkanes of at least 4 members (excludes halogenated alkanes) is 50. The van der Waals surface area contributed by atoms with Gasteiger partial charge < -0.3 is 20.3 Å². The normalized spacial score (nSPS) is 12.7. The molecule has 2 atom stereocenters. The Balaban J connectivity index is 3.35. The molecule has 0 rings (SSSR count). The van der Waals surface area contributed by atoms with E-state index in [1.54, 1.807) is 0 Å². The molecule has 0 radical (unpaired) electrons. The van der Waals surface area contributed by atoms with E-state index in [0.717, 1.165) is 51.4 Å². The molecule has 0 fully saturated rings. The van der Waals surface area contributed by atoms with Crippen LogP contribution in [-0.4, -0.2) is 47.4 Å². The zero-order valence-corrected chi connectivity index (χ0v) is 53.4. The summed E-state index contributed by atoms with van der Waals surface area (Å²) in [6, 6.07) is -0.540. The second-order valence-corrected chi connectivity index (χ2v) is 24.6. The van der Waals surface area contributed by atoms with Crippen molar-refractivity contribution in [3.63, 3.8) is 0 Å². The van der Waals surface area contributed by atoms with Crippen molar-refractivity contribution in [2.75, 3.05) is 13.2 Å². The number of hydrogen-bond acceptors (Lipinski definition) is 5. The molecule has 2 unspecified atom stereocenters. The summed E-state index contributed by atoms with van der Waals surface area (Å²) in [6.45, 7) is 4.94. The van der Waals surface area contributed by atoms with Crippen LogP contribution in [0.4, 0.5) is 0 Å². The van der Waals surface area contributed by atoms with Gasteiger partial charge in [0.1, 0.15) is 0 Å². The number of ether oxygens (including phenoxy) is 1. The summed E-state index contributed by atoms with van der Waals surface area (Å²) >= 11 is 0. The molecule has 0 saturated heterocycles. The molecule has 3 N–H and O–H groups in total. The van der Waals surface area contributed by atoms with Gasteiger partial charge >= 0.3 is 5.97 Å². The minimum absolute atomic E-state index is 0.00384. The zero-order valence-electron chi connectivity index (χ0n) is 53.4. The predicted molar refractivity (Wildman–Crippen MR) is 347 cm³/mol. The van der Waals surface area contributed by atoms with Gasteiger partial charge in [0, 0.05) is 12.8 Å². The number of allylic oxidation sites excluding steroid dienone is 6. The van der Waals surface area contributed by atoms with Crippen LogP contribution < -0.4 is 5.32 Å². The first-order valence-electron chi connectivity index (χ1n) is 35.7. The van der Waals surface area contributed by atoms with Crippen molar-refractivity contribution in [1.29, 1.82) is 0 Å². The van der Waals surface area contributed by atoms with Crippen LogP contribution >= 0.6 is 0 Å². The summed E-state index contributed by atoms with van der Waals surface area (Å²) < 4.78 is 5.48. The quantitative estimate of drug-likeness (QED) is 0.0320. The lowest BCUT2D eigenvalue weighted by molar-refractivity contribution is -0.143. The molecule has 0 saturated carbocycles. The predicted octanol–water partition coefficient (Wildman–Crippen LogP) is 23.1. The number of carbonyl (C=O) groups excluding carboxylic acids is 2. The highest BCUT2D eigenvalue weighted by Crippen LogP contribution is 2.19. The molecule has 0 aromatic carbocycles. The largest absolute Gasteiger partial charge is 0.466 e.